The number of amides is 2. The lowest BCUT2D eigenvalue weighted by Gasteiger charge is -2.13. The van der Waals surface area contributed by atoms with Gasteiger partial charge in [0.15, 0.2) is 0 Å². The van der Waals surface area contributed by atoms with Crippen molar-refractivity contribution in [2.75, 3.05) is 0 Å². The molecular formula is C11H15N3O4. The molecule has 0 aliphatic heterocycles. The van der Waals surface area contributed by atoms with Gasteiger partial charge in [-0.05, 0) is 19.1 Å². The first-order valence-electron chi connectivity index (χ1n) is 5.36. The molecule has 0 saturated heterocycles. The largest absolute Gasteiger partial charge is 0.477 e. The van der Waals surface area contributed by atoms with Crippen molar-refractivity contribution in [1.82, 2.24) is 9.88 Å². The van der Waals surface area contributed by atoms with Gasteiger partial charge in [-0.25, -0.2) is 4.79 Å². The SMILES string of the molecule is CC(CC(N)=O)NC(=O)Cn1cccc1C(=O)O. The number of hydrogen-bond donors (Lipinski definition) is 3. The van der Waals surface area contributed by atoms with E-state index >= 15 is 0 Å². The molecule has 1 heterocycles. The van der Waals surface area contributed by atoms with E-state index < -0.39 is 11.9 Å². The highest BCUT2D eigenvalue weighted by molar-refractivity contribution is 5.87. The predicted molar refractivity (Wildman–Crippen MR) is 62.8 cm³/mol. The van der Waals surface area contributed by atoms with E-state index in [1.54, 1.807) is 13.0 Å². The Bertz CT molecular complexity index is 467. The molecule has 4 N–H and O–H groups in total. The average Bonchev–Trinajstić information content (AvgIpc) is 2.63. The van der Waals surface area contributed by atoms with Crippen molar-refractivity contribution in [3.8, 4) is 0 Å². The molecule has 0 bridgehead atoms. The predicted octanol–water partition coefficient (Wildman–Crippen LogP) is -0.434. The van der Waals surface area contributed by atoms with Gasteiger partial charge in [0.1, 0.15) is 12.2 Å². The average molecular weight is 253 g/mol. The number of nitrogens with one attached hydrogen (secondary N) is 1. The van der Waals surface area contributed by atoms with Crippen LogP contribution < -0.4 is 11.1 Å². The number of carbonyl (C=O) groups is 3. The van der Waals surface area contributed by atoms with E-state index in [2.05, 4.69) is 5.32 Å². The standard InChI is InChI=1S/C11H15N3O4/c1-7(5-9(12)15)13-10(16)6-14-4-2-3-8(14)11(17)18/h2-4,7H,5-6H2,1H3,(H2,12,15)(H,13,16)(H,17,18). The molecule has 1 aromatic rings. The summed E-state index contributed by atoms with van der Waals surface area (Å²) in [5.74, 6) is -1.98. The third-order valence-corrected chi connectivity index (χ3v) is 2.28. The Kier molecular flexibility index (Phi) is 4.47. The summed E-state index contributed by atoms with van der Waals surface area (Å²) in [7, 11) is 0. The smallest absolute Gasteiger partial charge is 0.352 e. The van der Waals surface area contributed by atoms with Gasteiger partial charge in [0.05, 0.1) is 0 Å². The molecule has 2 amide bonds. The van der Waals surface area contributed by atoms with Crippen molar-refractivity contribution in [2.24, 2.45) is 5.73 Å². The lowest BCUT2D eigenvalue weighted by molar-refractivity contribution is -0.122. The lowest BCUT2D eigenvalue weighted by atomic mass is 10.2. The highest BCUT2D eigenvalue weighted by atomic mass is 16.4. The lowest BCUT2D eigenvalue weighted by Crippen LogP contribution is -2.37. The Hall–Kier alpha value is -2.31. The topological polar surface area (TPSA) is 114 Å². The maximum atomic E-state index is 11.6. The third kappa shape index (κ3) is 3.93. The molecule has 7 nitrogen and oxygen atoms in total. The van der Waals surface area contributed by atoms with E-state index in [1.807, 2.05) is 0 Å². The van der Waals surface area contributed by atoms with Crippen molar-refractivity contribution >= 4 is 17.8 Å². The maximum Gasteiger partial charge on any atom is 0.352 e. The number of aromatic nitrogens is 1. The molecular weight excluding hydrogens is 238 g/mol. The molecule has 1 unspecified atom stereocenters. The zero-order valence-corrected chi connectivity index (χ0v) is 9.92. The normalized spacial score (nSPS) is 11.8. The van der Waals surface area contributed by atoms with Crippen LogP contribution in [0, 0.1) is 0 Å². The van der Waals surface area contributed by atoms with Gasteiger partial charge in [-0.2, -0.15) is 0 Å². The van der Waals surface area contributed by atoms with E-state index in [1.165, 1.54) is 16.8 Å². The van der Waals surface area contributed by atoms with Crippen LogP contribution in [0.25, 0.3) is 0 Å². The summed E-state index contributed by atoms with van der Waals surface area (Å²) in [5.41, 5.74) is 5.03. The van der Waals surface area contributed by atoms with Crippen LogP contribution in [0.1, 0.15) is 23.8 Å². The summed E-state index contributed by atoms with van der Waals surface area (Å²) in [4.78, 5) is 33.1. The molecule has 0 saturated carbocycles. The molecule has 1 atom stereocenters. The number of carbonyl (C=O) groups excluding carboxylic acids is 2. The van der Waals surface area contributed by atoms with Crippen molar-refractivity contribution in [3.05, 3.63) is 24.0 Å². The van der Waals surface area contributed by atoms with Crippen molar-refractivity contribution in [1.29, 1.82) is 0 Å². The molecule has 1 aromatic heterocycles. The first-order chi connectivity index (χ1) is 8.40. The van der Waals surface area contributed by atoms with Crippen molar-refractivity contribution in [2.45, 2.75) is 25.9 Å². The molecule has 0 fully saturated rings. The van der Waals surface area contributed by atoms with E-state index in [0.717, 1.165) is 0 Å². The van der Waals surface area contributed by atoms with E-state index in [-0.39, 0.29) is 30.6 Å². The minimum atomic E-state index is -1.10. The van der Waals surface area contributed by atoms with Crippen LogP contribution in [0.2, 0.25) is 0 Å². The molecule has 0 aliphatic carbocycles. The zero-order chi connectivity index (χ0) is 13.7. The highest BCUT2D eigenvalue weighted by Crippen LogP contribution is 2.02. The van der Waals surface area contributed by atoms with Gasteiger partial charge in [0, 0.05) is 18.7 Å². The number of nitrogens with two attached hydrogens (primary N) is 1. The van der Waals surface area contributed by atoms with Crippen LogP contribution in [-0.4, -0.2) is 33.5 Å². The molecule has 7 heteroatoms. The second-order valence-corrected chi connectivity index (χ2v) is 3.97. The van der Waals surface area contributed by atoms with Gasteiger partial charge in [0.2, 0.25) is 11.8 Å². The minimum Gasteiger partial charge on any atom is -0.477 e. The molecule has 0 radical (unpaired) electrons. The summed E-state index contributed by atoms with van der Waals surface area (Å²) < 4.78 is 1.31. The minimum absolute atomic E-state index is 0.0349. The number of primary amides is 1. The van der Waals surface area contributed by atoms with E-state index in [9.17, 15) is 14.4 Å². The number of nitrogens with zero attached hydrogens (tertiary/aromatic N) is 1. The molecule has 0 aromatic carbocycles. The first kappa shape index (κ1) is 13.8. The van der Waals surface area contributed by atoms with Crippen LogP contribution >= 0.6 is 0 Å². The molecule has 1 rings (SSSR count). The van der Waals surface area contributed by atoms with Crippen LogP contribution in [0.5, 0.6) is 0 Å². The maximum absolute atomic E-state index is 11.6. The quantitative estimate of drug-likeness (QED) is 0.637. The molecule has 0 aliphatic rings. The van der Waals surface area contributed by atoms with Gasteiger partial charge in [-0.1, -0.05) is 0 Å². The van der Waals surface area contributed by atoms with Crippen LogP contribution in [0.15, 0.2) is 18.3 Å². The fraction of sp³-hybridized carbons (Fsp3) is 0.364. The summed E-state index contributed by atoms with van der Waals surface area (Å²) in [6.07, 6.45) is 1.55. The van der Waals surface area contributed by atoms with E-state index in [0.29, 0.717) is 0 Å². The Labute approximate surface area is 104 Å². The van der Waals surface area contributed by atoms with Crippen LogP contribution in [0.4, 0.5) is 0 Å². The summed E-state index contributed by atoms with van der Waals surface area (Å²) in [6.45, 7) is 1.54. The third-order valence-electron chi connectivity index (χ3n) is 2.28. The van der Waals surface area contributed by atoms with Crippen molar-refractivity contribution < 1.29 is 19.5 Å². The van der Waals surface area contributed by atoms with Gasteiger partial charge < -0.3 is 20.7 Å². The Morgan fingerprint density at radius 3 is 2.72 bits per heavy atom. The summed E-state index contributed by atoms with van der Waals surface area (Å²) in [6, 6.07) is 2.57. The molecule has 18 heavy (non-hydrogen) atoms. The first-order valence-corrected chi connectivity index (χ1v) is 5.36. The van der Waals surface area contributed by atoms with Crippen molar-refractivity contribution in [3.63, 3.8) is 0 Å². The summed E-state index contributed by atoms with van der Waals surface area (Å²) in [5, 5.41) is 11.4. The number of carboxylic acids is 1. The van der Waals surface area contributed by atoms with Gasteiger partial charge in [-0.3, -0.25) is 9.59 Å². The van der Waals surface area contributed by atoms with Crippen LogP contribution in [0.3, 0.4) is 0 Å². The number of carboxylic acid groups (broad SMARTS) is 1. The summed E-state index contributed by atoms with van der Waals surface area (Å²) >= 11 is 0. The van der Waals surface area contributed by atoms with Gasteiger partial charge in [0.25, 0.3) is 0 Å². The van der Waals surface area contributed by atoms with Gasteiger partial charge in [-0.15, -0.1) is 0 Å². The van der Waals surface area contributed by atoms with Crippen LogP contribution in [-0.2, 0) is 16.1 Å². The Morgan fingerprint density at radius 2 is 2.17 bits per heavy atom. The molecule has 0 spiro atoms. The molecule has 98 valence electrons. The fourth-order valence-electron chi connectivity index (χ4n) is 1.57. The van der Waals surface area contributed by atoms with E-state index in [4.69, 9.17) is 10.8 Å². The Morgan fingerprint density at radius 1 is 1.50 bits per heavy atom. The monoisotopic (exact) mass is 253 g/mol. The second-order valence-electron chi connectivity index (χ2n) is 3.97. The number of hydrogen-bond acceptors (Lipinski definition) is 3. The Balaban J connectivity index is 2.57. The second kappa shape index (κ2) is 5.85. The van der Waals surface area contributed by atoms with Gasteiger partial charge >= 0.3 is 5.97 Å². The fourth-order valence-corrected chi connectivity index (χ4v) is 1.57. The number of rotatable bonds is 6. The number of aromatic carboxylic acids is 1. The highest BCUT2D eigenvalue weighted by Gasteiger charge is 2.13. The zero-order valence-electron chi connectivity index (χ0n) is 9.92.